The maximum absolute atomic E-state index is 12.9. The Hall–Kier alpha value is -1.49. The van der Waals surface area contributed by atoms with Crippen LogP contribution in [0, 0.1) is 5.95 Å². The third-order valence-electron chi connectivity index (χ3n) is 2.67. The van der Waals surface area contributed by atoms with Gasteiger partial charge in [0.2, 0.25) is 5.95 Å². The summed E-state index contributed by atoms with van der Waals surface area (Å²) in [5.41, 5.74) is 0.152. The number of rotatable bonds is 1. The summed E-state index contributed by atoms with van der Waals surface area (Å²) in [5, 5.41) is 0. The summed E-state index contributed by atoms with van der Waals surface area (Å²) < 4.78 is 18.4. The average molecular weight is 238 g/mol. The van der Waals surface area contributed by atoms with Crippen molar-refractivity contribution in [3.8, 4) is 0 Å². The highest BCUT2D eigenvalue weighted by atomic mass is 19.1. The second kappa shape index (κ2) is 5.23. The van der Waals surface area contributed by atoms with Gasteiger partial charge in [-0.1, -0.05) is 6.07 Å². The molecule has 0 aromatic carbocycles. The van der Waals surface area contributed by atoms with Crippen molar-refractivity contribution >= 4 is 5.91 Å². The number of carbonyl (C=O) groups excluding carboxylic acids is 1. The van der Waals surface area contributed by atoms with Gasteiger partial charge in [0.1, 0.15) is 5.69 Å². The zero-order chi connectivity index (χ0) is 12.3. The molecule has 1 aromatic heterocycles. The lowest BCUT2D eigenvalue weighted by atomic mass is 10.2. The molecule has 0 spiro atoms. The van der Waals surface area contributed by atoms with Crippen molar-refractivity contribution in [3.05, 3.63) is 29.8 Å². The first kappa shape index (κ1) is 12.0. The monoisotopic (exact) mass is 238 g/mol. The van der Waals surface area contributed by atoms with Gasteiger partial charge in [0.05, 0.1) is 6.10 Å². The topological polar surface area (TPSA) is 42.4 Å². The largest absolute Gasteiger partial charge is 0.377 e. The molecule has 1 atom stereocenters. The molecule has 5 heteroatoms. The van der Waals surface area contributed by atoms with Crippen molar-refractivity contribution in [1.29, 1.82) is 0 Å². The molecule has 1 fully saturated rings. The lowest BCUT2D eigenvalue weighted by Gasteiger charge is -2.21. The average Bonchev–Trinajstić information content (AvgIpc) is 2.53. The lowest BCUT2D eigenvalue weighted by Crippen LogP contribution is -2.36. The van der Waals surface area contributed by atoms with Gasteiger partial charge in [-0.2, -0.15) is 4.39 Å². The Bertz CT molecular complexity index is 411. The molecule has 0 radical (unpaired) electrons. The van der Waals surface area contributed by atoms with Gasteiger partial charge in [0.15, 0.2) is 0 Å². The first-order valence-corrected chi connectivity index (χ1v) is 5.70. The Kier molecular flexibility index (Phi) is 3.68. The van der Waals surface area contributed by atoms with Crippen LogP contribution in [-0.4, -0.2) is 41.6 Å². The Morgan fingerprint density at radius 1 is 1.59 bits per heavy atom. The zero-order valence-electron chi connectivity index (χ0n) is 9.73. The second-order valence-electron chi connectivity index (χ2n) is 4.13. The van der Waals surface area contributed by atoms with Gasteiger partial charge in [0, 0.05) is 19.7 Å². The van der Waals surface area contributed by atoms with E-state index in [1.807, 2.05) is 6.92 Å². The Morgan fingerprint density at radius 2 is 2.41 bits per heavy atom. The van der Waals surface area contributed by atoms with Crippen LogP contribution in [0.5, 0.6) is 0 Å². The molecule has 92 valence electrons. The van der Waals surface area contributed by atoms with Crippen molar-refractivity contribution in [3.63, 3.8) is 0 Å². The number of pyridine rings is 1. The van der Waals surface area contributed by atoms with E-state index in [0.29, 0.717) is 19.7 Å². The number of halogens is 1. The number of hydrogen-bond acceptors (Lipinski definition) is 3. The first-order chi connectivity index (χ1) is 8.16. The molecule has 1 aromatic rings. The zero-order valence-corrected chi connectivity index (χ0v) is 9.73. The maximum Gasteiger partial charge on any atom is 0.272 e. The SMILES string of the molecule is CC1CN(C(=O)c2cccc(F)n2)CCCO1. The van der Waals surface area contributed by atoms with E-state index < -0.39 is 5.95 Å². The van der Waals surface area contributed by atoms with E-state index >= 15 is 0 Å². The minimum Gasteiger partial charge on any atom is -0.377 e. The van der Waals surface area contributed by atoms with Crippen molar-refractivity contribution in [2.75, 3.05) is 19.7 Å². The van der Waals surface area contributed by atoms with Gasteiger partial charge in [-0.15, -0.1) is 0 Å². The molecule has 2 rings (SSSR count). The quantitative estimate of drug-likeness (QED) is 0.696. The number of aromatic nitrogens is 1. The van der Waals surface area contributed by atoms with E-state index in [1.165, 1.54) is 18.2 Å². The van der Waals surface area contributed by atoms with Gasteiger partial charge in [-0.05, 0) is 25.5 Å². The van der Waals surface area contributed by atoms with Crippen LogP contribution in [0.1, 0.15) is 23.8 Å². The molecule has 0 bridgehead atoms. The maximum atomic E-state index is 12.9. The van der Waals surface area contributed by atoms with E-state index in [-0.39, 0.29) is 17.7 Å². The molecular weight excluding hydrogens is 223 g/mol. The smallest absolute Gasteiger partial charge is 0.272 e. The van der Waals surface area contributed by atoms with Crippen molar-refractivity contribution < 1.29 is 13.9 Å². The van der Waals surface area contributed by atoms with Crippen LogP contribution in [0.15, 0.2) is 18.2 Å². The molecule has 1 aliphatic heterocycles. The summed E-state index contributed by atoms with van der Waals surface area (Å²) in [6.45, 7) is 3.73. The standard InChI is InChI=1S/C12H15FN2O2/c1-9-8-15(6-3-7-17-9)12(16)10-4-2-5-11(13)14-10/h2,4-5,9H,3,6-8H2,1H3. The highest BCUT2D eigenvalue weighted by Gasteiger charge is 2.21. The van der Waals surface area contributed by atoms with Gasteiger partial charge < -0.3 is 9.64 Å². The number of amides is 1. The van der Waals surface area contributed by atoms with Crippen LogP contribution in [0.4, 0.5) is 4.39 Å². The van der Waals surface area contributed by atoms with E-state index in [4.69, 9.17) is 4.74 Å². The second-order valence-corrected chi connectivity index (χ2v) is 4.13. The van der Waals surface area contributed by atoms with Crippen molar-refractivity contribution in [1.82, 2.24) is 9.88 Å². The van der Waals surface area contributed by atoms with E-state index in [0.717, 1.165) is 6.42 Å². The van der Waals surface area contributed by atoms with Crippen molar-refractivity contribution in [2.45, 2.75) is 19.4 Å². The minimum atomic E-state index is -0.630. The molecule has 1 amide bonds. The molecule has 0 aliphatic carbocycles. The van der Waals surface area contributed by atoms with Gasteiger partial charge in [0.25, 0.3) is 5.91 Å². The molecule has 1 unspecified atom stereocenters. The molecule has 1 saturated heterocycles. The summed E-state index contributed by atoms with van der Waals surface area (Å²) >= 11 is 0. The minimum absolute atomic E-state index is 0.00927. The molecular formula is C12H15FN2O2. The molecule has 17 heavy (non-hydrogen) atoms. The van der Waals surface area contributed by atoms with E-state index in [2.05, 4.69) is 4.98 Å². The summed E-state index contributed by atoms with van der Waals surface area (Å²) in [6.07, 6.45) is 0.806. The normalized spacial score (nSPS) is 21.1. The summed E-state index contributed by atoms with van der Waals surface area (Å²) in [7, 11) is 0. The fourth-order valence-corrected chi connectivity index (χ4v) is 1.87. The highest BCUT2D eigenvalue weighted by molar-refractivity contribution is 5.92. The summed E-state index contributed by atoms with van der Waals surface area (Å²) in [5.74, 6) is -0.864. The summed E-state index contributed by atoms with van der Waals surface area (Å²) in [6, 6.07) is 4.25. The first-order valence-electron chi connectivity index (χ1n) is 5.70. The molecule has 0 saturated carbocycles. The molecule has 2 heterocycles. The molecule has 1 aliphatic rings. The Labute approximate surface area is 99.4 Å². The fraction of sp³-hybridized carbons (Fsp3) is 0.500. The Morgan fingerprint density at radius 3 is 3.18 bits per heavy atom. The van der Waals surface area contributed by atoms with Crippen molar-refractivity contribution in [2.24, 2.45) is 0 Å². The van der Waals surface area contributed by atoms with Crippen LogP contribution in [0.2, 0.25) is 0 Å². The third kappa shape index (κ3) is 3.00. The third-order valence-corrected chi connectivity index (χ3v) is 2.67. The number of hydrogen-bond donors (Lipinski definition) is 0. The van der Waals surface area contributed by atoms with Gasteiger partial charge in [-0.25, -0.2) is 4.98 Å². The predicted octanol–water partition coefficient (Wildman–Crippen LogP) is 1.47. The molecule has 0 N–H and O–H groups in total. The molecule has 4 nitrogen and oxygen atoms in total. The van der Waals surface area contributed by atoms with E-state index in [1.54, 1.807) is 4.90 Å². The fourth-order valence-electron chi connectivity index (χ4n) is 1.87. The van der Waals surface area contributed by atoms with E-state index in [9.17, 15) is 9.18 Å². The number of nitrogens with zero attached hydrogens (tertiary/aromatic N) is 2. The Balaban J connectivity index is 2.13. The van der Waals surface area contributed by atoms with Crippen LogP contribution >= 0.6 is 0 Å². The highest BCUT2D eigenvalue weighted by Crippen LogP contribution is 2.09. The lowest BCUT2D eigenvalue weighted by molar-refractivity contribution is 0.0559. The van der Waals surface area contributed by atoms with Gasteiger partial charge >= 0.3 is 0 Å². The van der Waals surface area contributed by atoms with Crippen LogP contribution in [0.25, 0.3) is 0 Å². The summed E-state index contributed by atoms with van der Waals surface area (Å²) in [4.78, 5) is 17.4. The number of carbonyl (C=O) groups is 1. The predicted molar refractivity (Wildman–Crippen MR) is 60.1 cm³/mol. The van der Waals surface area contributed by atoms with Gasteiger partial charge in [-0.3, -0.25) is 4.79 Å². The van der Waals surface area contributed by atoms with Crippen LogP contribution in [-0.2, 0) is 4.74 Å². The number of ether oxygens (including phenoxy) is 1. The van der Waals surface area contributed by atoms with Crippen LogP contribution in [0.3, 0.4) is 0 Å². The van der Waals surface area contributed by atoms with Crippen LogP contribution < -0.4 is 0 Å².